The second-order valence-electron chi connectivity index (χ2n) is 18.2. The van der Waals surface area contributed by atoms with Crippen LogP contribution in [-0.2, 0) is 4.43 Å². The van der Waals surface area contributed by atoms with Gasteiger partial charge in [-0.15, -0.1) is 0 Å². The molecule has 0 bridgehead atoms. The first-order valence-electron chi connectivity index (χ1n) is 21.1. The number of benzene rings is 2. The molecule has 5 rings (SSSR count). The second kappa shape index (κ2) is 18.9. The first-order valence-corrected chi connectivity index (χ1v) is 23.3. The molecule has 12 heteroatoms. The van der Waals surface area contributed by atoms with Gasteiger partial charge in [-0.25, -0.2) is 4.79 Å². The van der Waals surface area contributed by atoms with Gasteiger partial charge in [0.15, 0.2) is 8.32 Å². The summed E-state index contributed by atoms with van der Waals surface area (Å²) < 4.78 is 15.2. The topological polar surface area (TPSA) is 151 Å². The van der Waals surface area contributed by atoms with Crippen molar-refractivity contribution in [2.24, 2.45) is 11.3 Å². The minimum atomic E-state index is -1.93. The van der Waals surface area contributed by atoms with Crippen molar-refractivity contribution in [1.29, 1.82) is 16.2 Å². The number of hydrogen-bond donors (Lipinski definition) is 6. The third-order valence-electron chi connectivity index (χ3n) is 12.0. The van der Waals surface area contributed by atoms with Gasteiger partial charge in [-0.3, -0.25) is 20.7 Å². The lowest BCUT2D eigenvalue weighted by atomic mass is 9.85. The Balaban J connectivity index is 1.23. The largest absolute Gasteiger partial charge is 0.484 e. The number of pyridine rings is 1. The van der Waals surface area contributed by atoms with Crippen LogP contribution in [0.25, 0.3) is 0 Å². The van der Waals surface area contributed by atoms with Crippen molar-refractivity contribution in [3.05, 3.63) is 101 Å². The van der Waals surface area contributed by atoms with Crippen LogP contribution >= 0.6 is 0 Å². The third kappa shape index (κ3) is 10.7. The van der Waals surface area contributed by atoms with Crippen molar-refractivity contribution < 1.29 is 14.0 Å². The van der Waals surface area contributed by atoms with Gasteiger partial charge >= 0.3 is 6.03 Å². The summed E-state index contributed by atoms with van der Waals surface area (Å²) in [6, 6.07) is 18.8. The molecule has 1 aromatic heterocycles. The van der Waals surface area contributed by atoms with Crippen molar-refractivity contribution in [3.63, 3.8) is 0 Å². The molecule has 2 atom stereocenters. The Morgan fingerprint density at radius 1 is 0.879 bits per heavy atom. The molecule has 0 unspecified atom stereocenters. The van der Waals surface area contributed by atoms with Gasteiger partial charge in [0.25, 0.3) is 0 Å². The molecule has 2 heterocycles. The summed E-state index contributed by atoms with van der Waals surface area (Å²) in [5.41, 5.74) is 5.78. The molecule has 2 aliphatic rings. The number of carbonyl (C=O) groups excluding carboxylic acids is 1. The van der Waals surface area contributed by atoms with Crippen LogP contribution in [0.2, 0.25) is 16.6 Å². The number of aryl methyl sites for hydroxylation is 1. The van der Waals surface area contributed by atoms with Gasteiger partial charge in [0.2, 0.25) is 5.96 Å². The van der Waals surface area contributed by atoms with Crippen LogP contribution < -0.4 is 26.2 Å². The molecule has 1 aliphatic carbocycles. The number of likely N-dealkylation sites (tertiary alicyclic amines) is 1. The average molecular weight is 809 g/mol. The molecule has 11 nitrogen and oxygen atoms in total. The Morgan fingerprint density at radius 2 is 1.50 bits per heavy atom. The molecule has 0 saturated carbocycles. The molecular formula is C46H68N8O3Si. The highest BCUT2D eigenvalue weighted by Gasteiger charge is 2.45. The Hall–Kier alpha value is -4.68. The fourth-order valence-corrected chi connectivity index (χ4v) is 14.2. The highest BCUT2D eigenvalue weighted by atomic mass is 28.4. The van der Waals surface area contributed by atoms with E-state index >= 15 is 0 Å². The van der Waals surface area contributed by atoms with Gasteiger partial charge in [0.1, 0.15) is 23.2 Å². The lowest BCUT2D eigenvalue weighted by Gasteiger charge is -2.44. The van der Waals surface area contributed by atoms with Gasteiger partial charge in [-0.05, 0) is 90.5 Å². The van der Waals surface area contributed by atoms with Crippen molar-refractivity contribution in [2.45, 2.75) is 124 Å². The van der Waals surface area contributed by atoms with E-state index < -0.39 is 13.7 Å². The summed E-state index contributed by atoms with van der Waals surface area (Å²) in [7, 11) is -1.93. The highest BCUT2D eigenvalue weighted by Crippen LogP contribution is 2.43. The van der Waals surface area contributed by atoms with E-state index in [0.717, 1.165) is 54.9 Å². The molecule has 3 aromatic rings. The molecule has 2 amide bonds. The van der Waals surface area contributed by atoms with E-state index in [1.54, 1.807) is 29.0 Å². The van der Waals surface area contributed by atoms with Crippen LogP contribution in [0.5, 0.6) is 5.75 Å². The number of fused-ring (bicyclic) bond motifs is 1. The molecule has 1 aliphatic heterocycles. The Bertz CT molecular complexity index is 1970. The number of piperidine rings is 1. The number of amides is 2. The molecule has 1 saturated heterocycles. The Kier molecular flexibility index (Phi) is 14.5. The number of carbonyl (C=O) groups is 1. The van der Waals surface area contributed by atoms with Crippen molar-refractivity contribution in [1.82, 2.24) is 20.1 Å². The number of anilines is 1. The maximum Gasteiger partial charge on any atom is 0.320 e. The van der Waals surface area contributed by atoms with E-state index in [2.05, 4.69) is 62.4 Å². The minimum absolute atomic E-state index is 0.228. The molecule has 2 aromatic carbocycles. The minimum Gasteiger partial charge on any atom is -0.484 e. The van der Waals surface area contributed by atoms with Gasteiger partial charge in [-0.1, -0.05) is 104 Å². The summed E-state index contributed by atoms with van der Waals surface area (Å²) >= 11 is 0. The molecule has 1 fully saturated rings. The predicted octanol–water partition coefficient (Wildman–Crippen LogP) is 10.2. The number of ether oxygens (including phenoxy) is 1. The van der Waals surface area contributed by atoms with Crippen LogP contribution in [0.4, 0.5) is 10.5 Å². The van der Waals surface area contributed by atoms with Crippen molar-refractivity contribution in [3.8, 4) is 5.75 Å². The summed E-state index contributed by atoms with van der Waals surface area (Å²) in [6.07, 6.45) is 6.39. The molecule has 6 N–H and O–H groups in total. The van der Waals surface area contributed by atoms with E-state index in [9.17, 15) is 4.79 Å². The zero-order valence-corrected chi connectivity index (χ0v) is 37.5. The quantitative estimate of drug-likeness (QED) is 0.0577. The fourth-order valence-electron chi connectivity index (χ4n) is 8.71. The maximum absolute atomic E-state index is 13.6. The summed E-state index contributed by atoms with van der Waals surface area (Å²) in [5.74, 6) is 1.76. The maximum atomic E-state index is 13.6. The number of nitrogens with one attached hydrogen (secondary N) is 6. The summed E-state index contributed by atoms with van der Waals surface area (Å²) in [5, 5.41) is 35.9. The van der Waals surface area contributed by atoms with E-state index in [0.29, 0.717) is 52.7 Å². The highest BCUT2D eigenvalue weighted by molar-refractivity contribution is 6.77. The molecule has 314 valence electrons. The van der Waals surface area contributed by atoms with Crippen LogP contribution in [0.3, 0.4) is 0 Å². The number of urea groups is 1. The van der Waals surface area contributed by atoms with Crippen molar-refractivity contribution >= 4 is 31.7 Å². The zero-order chi connectivity index (χ0) is 42.4. The monoisotopic (exact) mass is 809 g/mol. The number of rotatable bonds is 13. The lowest BCUT2D eigenvalue weighted by molar-refractivity contribution is 0.163. The second-order valence-corrected chi connectivity index (χ2v) is 23.6. The van der Waals surface area contributed by atoms with Gasteiger partial charge in [0, 0.05) is 42.6 Å². The lowest BCUT2D eigenvalue weighted by Crippen LogP contribution is -2.50. The summed E-state index contributed by atoms with van der Waals surface area (Å²) in [4.78, 5) is 15.6. The first-order chi connectivity index (χ1) is 27.4. The smallest absolute Gasteiger partial charge is 0.320 e. The zero-order valence-electron chi connectivity index (χ0n) is 36.5. The normalized spacial score (nSPS) is 17.9. The SMILES string of the molecule is Cc1ccc(N/C(=C\C(=N)C(C)(C)C)NC(=O)N[C@H]2CC[C@@H](Oc3ccc(=N)n(C(=N)N4CCC(CO[Si](C(C)C)(C(C)C)C(C)C)CC4)c3)c3ccccc32)cc1. The third-order valence-corrected chi connectivity index (χ3v) is 18.1. The van der Waals surface area contributed by atoms with Gasteiger partial charge in [0.05, 0.1) is 12.2 Å². The summed E-state index contributed by atoms with van der Waals surface area (Å²) in [6.45, 7) is 24.2. The number of hydrogen-bond acceptors (Lipinski definition) is 7. The van der Waals surface area contributed by atoms with Crippen LogP contribution in [0, 0.1) is 34.5 Å². The Labute approximate surface area is 347 Å². The van der Waals surface area contributed by atoms with Gasteiger partial charge in [-0.2, -0.15) is 0 Å². The van der Waals surface area contributed by atoms with E-state index in [-0.39, 0.29) is 29.6 Å². The number of allylic oxidation sites excluding steroid dienone is 1. The van der Waals surface area contributed by atoms with E-state index in [4.69, 9.17) is 25.4 Å². The van der Waals surface area contributed by atoms with E-state index in [1.165, 1.54) is 0 Å². The molecule has 58 heavy (non-hydrogen) atoms. The fraction of sp³-hybridized carbons (Fsp3) is 0.522. The number of aromatic nitrogens is 1. The van der Waals surface area contributed by atoms with Crippen LogP contribution in [0.15, 0.2) is 78.8 Å². The molecular weight excluding hydrogens is 741 g/mol. The molecule has 0 spiro atoms. The van der Waals surface area contributed by atoms with Gasteiger partial charge < -0.3 is 30.1 Å². The predicted molar refractivity (Wildman–Crippen MR) is 238 cm³/mol. The standard InChI is InChI=1S/C46H68N8O3Si/c1-30(2)58(31(3)4,32(5)6)56-29-34-23-25-53(26-24-34)44(49)54-28-36(19-22-42(54)48)57-40-21-20-39(37-13-11-12-14-38(37)40)51-45(55)52-43(27-41(47)46(8,9)10)50-35-17-15-33(7)16-18-35/h11-19,22,27-28,30-32,34,39-40,47-50H,20-21,23-26,29H2,1-10H3,(H2,51,52,55)/b43-27+,47-41?,48-42?,49-44?/t39-,40+/m0/s1. The molecule has 0 radical (unpaired) electrons. The number of nitrogens with zero attached hydrogens (tertiary/aromatic N) is 2. The Morgan fingerprint density at radius 3 is 2.10 bits per heavy atom. The van der Waals surface area contributed by atoms with Crippen LogP contribution in [-0.4, -0.2) is 55.2 Å². The first kappa shape index (κ1) is 44.4. The van der Waals surface area contributed by atoms with E-state index in [1.807, 2.05) is 76.2 Å². The van der Waals surface area contributed by atoms with Crippen molar-refractivity contribution in [2.75, 3.05) is 25.0 Å². The van der Waals surface area contributed by atoms with Crippen LogP contribution in [0.1, 0.15) is 117 Å². The average Bonchev–Trinajstić information content (AvgIpc) is 3.16.